The van der Waals surface area contributed by atoms with Crippen LogP contribution in [0.5, 0.6) is 5.75 Å². The molecule has 11 heteroatoms. The number of carboxylic acids is 1. The van der Waals surface area contributed by atoms with Gasteiger partial charge < -0.3 is 9.84 Å². The lowest BCUT2D eigenvalue weighted by Crippen LogP contribution is -2.18. The van der Waals surface area contributed by atoms with Crippen LogP contribution >= 0.6 is 45.2 Å². The maximum Gasteiger partial charge on any atom is 0.416 e. The van der Waals surface area contributed by atoms with E-state index in [0.29, 0.717) is 11.3 Å². The molecule has 0 saturated heterocycles. The van der Waals surface area contributed by atoms with E-state index in [2.05, 4.69) is 55.7 Å². The summed E-state index contributed by atoms with van der Waals surface area (Å²) < 4.78 is 45.9. The Bertz CT molecular complexity index is 1220. The van der Waals surface area contributed by atoms with E-state index < -0.39 is 23.6 Å². The first-order valence-corrected chi connectivity index (χ1v) is 11.6. The van der Waals surface area contributed by atoms with Gasteiger partial charge in [-0.15, -0.1) is 0 Å². The van der Waals surface area contributed by atoms with Crippen molar-refractivity contribution in [3.8, 4) is 5.75 Å². The highest BCUT2D eigenvalue weighted by Gasteiger charge is 2.30. The standard InChI is InChI=1S/C23H15F3I2N2O4/c24-23(25,26)17-3-1-2-16(10-17)21(31)30-29-11-14-8-18(27)20(19(28)9-14)34-12-13-4-6-15(7-5-13)22(32)33/h1-11H,12H2,(H,30,31)(H,32,33)/b29-11-. The van der Waals surface area contributed by atoms with Crippen LogP contribution in [0.2, 0.25) is 0 Å². The summed E-state index contributed by atoms with van der Waals surface area (Å²) in [6.07, 6.45) is -3.16. The van der Waals surface area contributed by atoms with Gasteiger partial charge in [-0.25, -0.2) is 10.2 Å². The molecule has 0 fully saturated rings. The molecule has 1 amide bonds. The SMILES string of the molecule is O=C(O)c1ccc(COc2c(I)cc(/C=N\NC(=O)c3cccc(C(F)(F)F)c3)cc2I)cc1. The van der Waals surface area contributed by atoms with Crippen molar-refractivity contribution in [3.05, 3.63) is 95.6 Å². The molecule has 3 rings (SSSR count). The number of benzene rings is 3. The maximum atomic E-state index is 12.8. The Hall–Kier alpha value is -2.68. The Morgan fingerprint density at radius 1 is 1.00 bits per heavy atom. The van der Waals surface area contributed by atoms with Crippen LogP contribution in [-0.2, 0) is 12.8 Å². The summed E-state index contributed by atoms with van der Waals surface area (Å²) in [5, 5.41) is 12.8. The Kier molecular flexibility index (Phi) is 8.52. The van der Waals surface area contributed by atoms with Crippen molar-refractivity contribution in [1.29, 1.82) is 0 Å². The highest BCUT2D eigenvalue weighted by molar-refractivity contribution is 14.1. The molecular formula is C23H15F3I2N2O4. The average molecular weight is 694 g/mol. The molecule has 0 heterocycles. The lowest BCUT2D eigenvalue weighted by Gasteiger charge is -2.11. The van der Waals surface area contributed by atoms with Gasteiger partial charge >= 0.3 is 12.1 Å². The summed E-state index contributed by atoms with van der Waals surface area (Å²) >= 11 is 4.18. The van der Waals surface area contributed by atoms with Gasteiger partial charge in [0.25, 0.3) is 5.91 Å². The van der Waals surface area contributed by atoms with Crippen molar-refractivity contribution in [2.45, 2.75) is 12.8 Å². The molecule has 0 aliphatic heterocycles. The van der Waals surface area contributed by atoms with Gasteiger partial charge in [-0.2, -0.15) is 18.3 Å². The first kappa shape index (κ1) is 25.9. The van der Waals surface area contributed by atoms with Gasteiger partial charge in [0, 0.05) is 5.56 Å². The van der Waals surface area contributed by atoms with E-state index in [9.17, 15) is 22.8 Å². The molecule has 0 aromatic heterocycles. The van der Waals surface area contributed by atoms with Gasteiger partial charge in [0.15, 0.2) is 0 Å². The Morgan fingerprint density at radius 3 is 2.24 bits per heavy atom. The molecule has 0 aliphatic rings. The fourth-order valence-electron chi connectivity index (χ4n) is 2.76. The number of aromatic carboxylic acids is 1. The normalized spacial score (nSPS) is 11.4. The predicted molar refractivity (Wildman–Crippen MR) is 136 cm³/mol. The van der Waals surface area contributed by atoms with Gasteiger partial charge in [0.2, 0.25) is 0 Å². The van der Waals surface area contributed by atoms with Gasteiger partial charge in [-0.3, -0.25) is 4.79 Å². The van der Waals surface area contributed by atoms with Gasteiger partial charge in [-0.05, 0) is 98.8 Å². The summed E-state index contributed by atoms with van der Waals surface area (Å²) in [5.74, 6) is -1.13. The Balaban J connectivity index is 1.64. The number of halogens is 5. The number of carbonyl (C=O) groups excluding carboxylic acids is 1. The van der Waals surface area contributed by atoms with Crippen molar-refractivity contribution in [3.63, 3.8) is 0 Å². The van der Waals surface area contributed by atoms with Crippen LogP contribution in [0.1, 0.15) is 37.4 Å². The maximum absolute atomic E-state index is 12.8. The largest absolute Gasteiger partial charge is 0.487 e. The second-order valence-electron chi connectivity index (χ2n) is 6.88. The monoisotopic (exact) mass is 694 g/mol. The van der Waals surface area contributed by atoms with Crippen LogP contribution in [0.3, 0.4) is 0 Å². The Morgan fingerprint density at radius 2 is 1.65 bits per heavy atom. The van der Waals surface area contributed by atoms with Gasteiger partial charge in [0.05, 0.1) is 24.5 Å². The molecule has 2 N–H and O–H groups in total. The first-order chi connectivity index (χ1) is 16.0. The average Bonchev–Trinajstić information content (AvgIpc) is 2.78. The molecular weight excluding hydrogens is 679 g/mol. The molecule has 3 aromatic rings. The van der Waals surface area contributed by atoms with Crippen LogP contribution in [0.25, 0.3) is 0 Å². The van der Waals surface area contributed by atoms with Crippen molar-refractivity contribution >= 4 is 63.3 Å². The lowest BCUT2D eigenvalue weighted by molar-refractivity contribution is -0.137. The smallest absolute Gasteiger partial charge is 0.416 e. The minimum Gasteiger partial charge on any atom is -0.487 e. The molecule has 176 valence electrons. The van der Waals surface area contributed by atoms with E-state index in [1.807, 2.05) is 0 Å². The molecule has 0 aliphatic carbocycles. The molecule has 0 atom stereocenters. The minimum absolute atomic E-state index is 0.156. The number of alkyl halides is 3. The first-order valence-electron chi connectivity index (χ1n) is 9.49. The highest BCUT2D eigenvalue weighted by Crippen LogP contribution is 2.30. The topological polar surface area (TPSA) is 88.0 Å². The molecule has 0 spiro atoms. The number of carbonyl (C=O) groups is 2. The molecule has 6 nitrogen and oxygen atoms in total. The van der Waals surface area contributed by atoms with Crippen molar-refractivity contribution < 1.29 is 32.6 Å². The number of rotatable bonds is 7. The third kappa shape index (κ3) is 6.91. The van der Waals surface area contributed by atoms with Gasteiger partial charge in [-0.1, -0.05) is 18.2 Å². The van der Waals surface area contributed by atoms with E-state index in [1.165, 1.54) is 24.4 Å². The fourth-order valence-corrected chi connectivity index (χ4v) is 4.89. The fraction of sp³-hybridized carbons (Fsp3) is 0.0870. The summed E-state index contributed by atoms with van der Waals surface area (Å²) in [5.41, 5.74) is 2.80. The van der Waals surface area contributed by atoms with Gasteiger partial charge in [0.1, 0.15) is 12.4 Å². The third-order valence-corrected chi connectivity index (χ3v) is 6.04. The second-order valence-corrected chi connectivity index (χ2v) is 9.21. The quantitative estimate of drug-likeness (QED) is 0.182. The number of ether oxygens (including phenoxy) is 1. The Labute approximate surface area is 219 Å². The van der Waals surface area contributed by atoms with Crippen LogP contribution in [-0.4, -0.2) is 23.2 Å². The molecule has 0 unspecified atom stereocenters. The zero-order valence-corrected chi connectivity index (χ0v) is 21.4. The van der Waals surface area contributed by atoms with Crippen LogP contribution in [0.4, 0.5) is 13.2 Å². The number of hydrazone groups is 1. The number of nitrogens with zero attached hydrogens (tertiary/aromatic N) is 1. The van der Waals surface area contributed by atoms with E-state index in [4.69, 9.17) is 9.84 Å². The van der Waals surface area contributed by atoms with Crippen molar-refractivity contribution in [2.24, 2.45) is 5.10 Å². The van der Waals surface area contributed by atoms with Crippen LogP contribution in [0, 0.1) is 7.14 Å². The van der Waals surface area contributed by atoms with E-state index >= 15 is 0 Å². The predicted octanol–water partition coefficient (Wildman–Crippen LogP) is 5.96. The van der Waals surface area contributed by atoms with Crippen molar-refractivity contribution in [1.82, 2.24) is 5.43 Å². The summed E-state index contributed by atoms with van der Waals surface area (Å²) in [7, 11) is 0. The van der Waals surface area contributed by atoms with E-state index in [-0.39, 0.29) is 17.7 Å². The number of nitrogens with one attached hydrogen (secondary N) is 1. The number of amides is 1. The van der Waals surface area contributed by atoms with Crippen LogP contribution in [0.15, 0.2) is 65.8 Å². The zero-order chi connectivity index (χ0) is 24.9. The summed E-state index contributed by atoms with van der Waals surface area (Å²) in [4.78, 5) is 23.1. The zero-order valence-electron chi connectivity index (χ0n) is 17.1. The molecule has 0 radical (unpaired) electrons. The lowest BCUT2D eigenvalue weighted by atomic mass is 10.1. The van der Waals surface area contributed by atoms with Crippen molar-refractivity contribution in [2.75, 3.05) is 0 Å². The third-order valence-electron chi connectivity index (χ3n) is 4.44. The van der Waals surface area contributed by atoms with E-state index in [0.717, 1.165) is 30.9 Å². The molecule has 3 aromatic carbocycles. The summed E-state index contributed by atoms with van der Waals surface area (Å²) in [6, 6.07) is 14.0. The summed E-state index contributed by atoms with van der Waals surface area (Å²) in [6.45, 7) is 0.242. The number of carboxylic acid groups (broad SMARTS) is 1. The second kappa shape index (κ2) is 11.2. The molecule has 0 saturated carbocycles. The minimum atomic E-state index is -4.54. The highest BCUT2D eigenvalue weighted by atomic mass is 127. The van der Waals surface area contributed by atoms with Crippen LogP contribution < -0.4 is 10.2 Å². The number of hydrogen-bond acceptors (Lipinski definition) is 4. The van der Waals surface area contributed by atoms with E-state index in [1.54, 1.807) is 24.3 Å². The molecule has 34 heavy (non-hydrogen) atoms. The number of hydrogen-bond donors (Lipinski definition) is 2. The molecule has 0 bridgehead atoms.